The van der Waals surface area contributed by atoms with Crippen LogP contribution in [-0.2, 0) is 0 Å². The second-order valence-corrected chi connectivity index (χ2v) is 3.39. The number of thiol groups is 1. The van der Waals surface area contributed by atoms with Gasteiger partial charge in [-0.2, -0.15) is 12.6 Å². The SMILES string of the molecule is C=C(C)C(C)(S)CC. The third-order valence-corrected chi connectivity index (χ3v) is 2.31. The van der Waals surface area contributed by atoms with Gasteiger partial charge < -0.3 is 0 Å². The van der Waals surface area contributed by atoms with E-state index in [4.69, 9.17) is 0 Å². The second kappa shape index (κ2) is 2.58. The van der Waals surface area contributed by atoms with Gasteiger partial charge in [-0.05, 0) is 20.3 Å². The quantitative estimate of drug-likeness (QED) is 0.431. The van der Waals surface area contributed by atoms with Crippen LogP contribution >= 0.6 is 12.6 Å². The van der Waals surface area contributed by atoms with Gasteiger partial charge in [-0.25, -0.2) is 0 Å². The Morgan fingerprint density at radius 3 is 2.12 bits per heavy atom. The van der Waals surface area contributed by atoms with Crippen LogP contribution < -0.4 is 0 Å². The number of hydrogen-bond acceptors (Lipinski definition) is 1. The van der Waals surface area contributed by atoms with Crippen molar-refractivity contribution in [3.63, 3.8) is 0 Å². The molecule has 0 nitrogen and oxygen atoms in total. The summed E-state index contributed by atoms with van der Waals surface area (Å²) in [4.78, 5) is 0. The molecule has 0 saturated heterocycles. The lowest BCUT2D eigenvalue weighted by Crippen LogP contribution is -2.14. The highest BCUT2D eigenvalue weighted by Gasteiger charge is 2.15. The van der Waals surface area contributed by atoms with Crippen molar-refractivity contribution in [3.05, 3.63) is 12.2 Å². The van der Waals surface area contributed by atoms with Gasteiger partial charge in [-0.1, -0.05) is 19.1 Å². The van der Waals surface area contributed by atoms with Crippen molar-refractivity contribution in [2.24, 2.45) is 0 Å². The molecule has 1 heteroatoms. The third kappa shape index (κ3) is 1.91. The highest BCUT2D eigenvalue weighted by molar-refractivity contribution is 7.82. The smallest absolute Gasteiger partial charge is 0.0301 e. The molecule has 0 bridgehead atoms. The van der Waals surface area contributed by atoms with Crippen molar-refractivity contribution in [1.82, 2.24) is 0 Å². The van der Waals surface area contributed by atoms with E-state index in [0.717, 1.165) is 12.0 Å². The van der Waals surface area contributed by atoms with Gasteiger partial charge in [0, 0.05) is 4.75 Å². The summed E-state index contributed by atoms with van der Waals surface area (Å²) < 4.78 is 0.0417. The van der Waals surface area contributed by atoms with Crippen molar-refractivity contribution in [2.75, 3.05) is 0 Å². The number of rotatable bonds is 2. The van der Waals surface area contributed by atoms with Gasteiger partial charge in [0.15, 0.2) is 0 Å². The molecule has 1 atom stereocenters. The van der Waals surface area contributed by atoms with Gasteiger partial charge in [0.2, 0.25) is 0 Å². The van der Waals surface area contributed by atoms with Crippen LogP contribution in [-0.4, -0.2) is 4.75 Å². The van der Waals surface area contributed by atoms with Crippen LogP contribution in [0.15, 0.2) is 12.2 Å². The largest absolute Gasteiger partial charge is 0.168 e. The summed E-state index contributed by atoms with van der Waals surface area (Å²) >= 11 is 4.38. The molecular weight excluding hydrogens is 116 g/mol. The summed E-state index contributed by atoms with van der Waals surface area (Å²) in [6.45, 7) is 10.0. The lowest BCUT2D eigenvalue weighted by molar-refractivity contribution is 0.721. The summed E-state index contributed by atoms with van der Waals surface area (Å²) in [5.74, 6) is 0. The lowest BCUT2D eigenvalue weighted by atomic mass is 10.0. The van der Waals surface area contributed by atoms with E-state index in [2.05, 4.69) is 33.1 Å². The minimum atomic E-state index is 0.0417. The lowest BCUT2D eigenvalue weighted by Gasteiger charge is -2.20. The highest BCUT2D eigenvalue weighted by atomic mass is 32.1. The fraction of sp³-hybridized carbons (Fsp3) is 0.714. The summed E-state index contributed by atoms with van der Waals surface area (Å²) in [5.41, 5.74) is 1.14. The molecule has 48 valence electrons. The Morgan fingerprint density at radius 2 is 2.12 bits per heavy atom. The summed E-state index contributed by atoms with van der Waals surface area (Å²) in [6.07, 6.45) is 1.05. The zero-order chi connectivity index (χ0) is 6.78. The van der Waals surface area contributed by atoms with Crippen molar-refractivity contribution >= 4 is 12.6 Å². The van der Waals surface area contributed by atoms with Crippen LogP contribution in [0.1, 0.15) is 27.2 Å². The summed E-state index contributed by atoms with van der Waals surface area (Å²) in [5, 5.41) is 0. The molecule has 0 aromatic rings. The van der Waals surface area contributed by atoms with Crippen LogP contribution in [0.2, 0.25) is 0 Å². The van der Waals surface area contributed by atoms with Crippen molar-refractivity contribution in [3.8, 4) is 0 Å². The second-order valence-electron chi connectivity index (χ2n) is 2.41. The van der Waals surface area contributed by atoms with Gasteiger partial charge >= 0.3 is 0 Å². The van der Waals surface area contributed by atoms with E-state index in [9.17, 15) is 0 Å². The Hall–Kier alpha value is 0.0900. The summed E-state index contributed by atoms with van der Waals surface area (Å²) in [6, 6.07) is 0. The zero-order valence-electron chi connectivity index (χ0n) is 5.86. The van der Waals surface area contributed by atoms with Crippen molar-refractivity contribution in [2.45, 2.75) is 31.9 Å². The third-order valence-electron chi connectivity index (χ3n) is 1.61. The minimum absolute atomic E-state index is 0.0417. The fourth-order valence-corrected chi connectivity index (χ4v) is 0.302. The van der Waals surface area contributed by atoms with Gasteiger partial charge in [0.25, 0.3) is 0 Å². The Bertz CT molecular complexity index is 92.6. The maximum Gasteiger partial charge on any atom is 0.0301 e. The first-order valence-corrected chi connectivity index (χ1v) is 3.34. The molecule has 0 amide bonds. The first kappa shape index (κ1) is 8.09. The number of hydrogen-bond donors (Lipinski definition) is 1. The molecular formula is C7H14S. The summed E-state index contributed by atoms with van der Waals surface area (Å²) in [7, 11) is 0. The van der Waals surface area contributed by atoms with Crippen LogP contribution in [0.3, 0.4) is 0 Å². The normalized spacial score (nSPS) is 17.5. The van der Waals surface area contributed by atoms with Gasteiger partial charge in [0.05, 0.1) is 0 Å². The predicted octanol–water partition coefficient (Wildman–Crippen LogP) is 2.66. The standard InChI is InChI=1S/C7H14S/c1-5-7(4,8)6(2)3/h8H,2,5H2,1,3-4H3. The molecule has 0 rings (SSSR count). The van der Waals surface area contributed by atoms with E-state index in [0.29, 0.717) is 0 Å². The average molecular weight is 130 g/mol. The Kier molecular flexibility index (Phi) is 2.61. The molecule has 0 heterocycles. The molecule has 0 aliphatic rings. The molecule has 1 unspecified atom stereocenters. The Morgan fingerprint density at radius 1 is 1.75 bits per heavy atom. The molecule has 0 aliphatic carbocycles. The van der Waals surface area contributed by atoms with Gasteiger partial charge in [-0.15, -0.1) is 0 Å². The van der Waals surface area contributed by atoms with E-state index >= 15 is 0 Å². The van der Waals surface area contributed by atoms with E-state index in [1.807, 2.05) is 6.92 Å². The average Bonchev–Trinajstić information content (AvgIpc) is 1.67. The van der Waals surface area contributed by atoms with Crippen LogP contribution in [0.4, 0.5) is 0 Å². The molecule has 0 radical (unpaired) electrons. The van der Waals surface area contributed by atoms with E-state index in [-0.39, 0.29) is 4.75 Å². The maximum atomic E-state index is 4.38. The molecule has 0 aromatic heterocycles. The molecule has 0 aromatic carbocycles. The van der Waals surface area contributed by atoms with Crippen molar-refractivity contribution < 1.29 is 0 Å². The van der Waals surface area contributed by atoms with Crippen LogP contribution in [0.25, 0.3) is 0 Å². The molecule has 0 spiro atoms. The molecule has 0 aliphatic heterocycles. The molecule has 8 heavy (non-hydrogen) atoms. The topological polar surface area (TPSA) is 0 Å². The fourth-order valence-electron chi connectivity index (χ4n) is 0.302. The maximum absolute atomic E-state index is 4.38. The Balaban J connectivity index is 3.91. The van der Waals surface area contributed by atoms with Gasteiger partial charge in [-0.3, -0.25) is 0 Å². The van der Waals surface area contributed by atoms with E-state index in [1.54, 1.807) is 0 Å². The van der Waals surface area contributed by atoms with E-state index < -0.39 is 0 Å². The molecule has 0 saturated carbocycles. The van der Waals surface area contributed by atoms with Crippen molar-refractivity contribution in [1.29, 1.82) is 0 Å². The molecule has 0 N–H and O–H groups in total. The highest BCUT2D eigenvalue weighted by Crippen LogP contribution is 2.25. The first-order chi connectivity index (χ1) is 3.50. The van der Waals surface area contributed by atoms with Gasteiger partial charge in [0.1, 0.15) is 0 Å². The minimum Gasteiger partial charge on any atom is -0.168 e. The zero-order valence-corrected chi connectivity index (χ0v) is 6.76. The van der Waals surface area contributed by atoms with Crippen LogP contribution in [0.5, 0.6) is 0 Å². The Labute approximate surface area is 57.4 Å². The first-order valence-electron chi connectivity index (χ1n) is 2.89. The van der Waals surface area contributed by atoms with Crippen LogP contribution in [0, 0.1) is 0 Å². The van der Waals surface area contributed by atoms with E-state index in [1.165, 1.54) is 0 Å². The predicted molar refractivity (Wildman–Crippen MR) is 42.5 cm³/mol. The molecule has 0 fully saturated rings. The monoisotopic (exact) mass is 130 g/mol.